The highest BCUT2D eigenvalue weighted by molar-refractivity contribution is 6.31. The fraction of sp³-hybridized carbons (Fsp3) is 0.0938. The van der Waals surface area contributed by atoms with Crippen LogP contribution in [-0.2, 0) is 14.4 Å². The zero-order valence-corrected chi connectivity index (χ0v) is 24.4. The highest BCUT2D eigenvalue weighted by Crippen LogP contribution is 2.25. The van der Waals surface area contributed by atoms with E-state index in [1.165, 1.54) is 48.5 Å². The number of aryl methyl sites for hydroxylation is 1. The highest BCUT2D eigenvalue weighted by atomic mass is 35.5. The molecule has 0 bridgehead atoms. The Kier molecular flexibility index (Phi) is 8.96. The van der Waals surface area contributed by atoms with Crippen molar-refractivity contribution >= 4 is 58.0 Å². The Labute approximate surface area is 261 Å². The third-order valence-corrected chi connectivity index (χ3v) is 6.95. The van der Waals surface area contributed by atoms with Crippen molar-refractivity contribution in [3.8, 4) is 0 Å². The number of carbonyl (C=O) groups excluding carboxylic acids is 4. The molecule has 0 spiro atoms. The van der Waals surface area contributed by atoms with E-state index in [9.17, 15) is 29.3 Å². The number of nitrogens with zero attached hydrogens (tertiary/aromatic N) is 6. The molecule has 1 atom stereocenters. The molecule has 1 aliphatic heterocycles. The number of amides is 4. The molecule has 0 radical (unpaired) electrons. The lowest BCUT2D eigenvalue weighted by atomic mass is 10.0. The predicted octanol–water partition coefficient (Wildman–Crippen LogP) is 6.05. The van der Waals surface area contributed by atoms with Crippen molar-refractivity contribution in [3.63, 3.8) is 0 Å². The Morgan fingerprint density at radius 3 is 2.20 bits per heavy atom. The number of nitro benzene ring substituents is 1. The normalized spacial score (nSPS) is 14.4. The molecule has 4 aromatic carbocycles. The first-order valence-electron chi connectivity index (χ1n) is 13.5. The molecule has 224 valence electrons. The number of hydrogen-bond donors (Lipinski definition) is 0. The number of benzene rings is 4. The number of azo groups is 1. The van der Waals surface area contributed by atoms with Crippen LogP contribution in [-0.4, -0.2) is 45.3 Å². The summed E-state index contributed by atoms with van der Waals surface area (Å²) in [5, 5.41) is 24.3. The van der Waals surface area contributed by atoms with Crippen LogP contribution in [0, 0.1) is 17.0 Å². The van der Waals surface area contributed by atoms with E-state index in [4.69, 9.17) is 11.6 Å². The second-order valence-electron chi connectivity index (χ2n) is 9.84. The zero-order valence-electron chi connectivity index (χ0n) is 23.6. The van der Waals surface area contributed by atoms with E-state index < -0.39 is 41.0 Å². The first-order valence-corrected chi connectivity index (χ1v) is 13.9. The van der Waals surface area contributed by atoms with Crippen molar-refractivity contribution in [2.75, 3.05) is 4.90 Å². The van der Waals surface area contributed by atoms with Gasteiger partial charge in [-0.1, -0.05) is 59.6 Å². The van der Waals surface area contributed by atoms with E-state index in [-0.39, 0.29) is 28.3 Å². The van der Waals surface area contributed by atoms with Gasteiger partial charge in [0, 0.05) is 28.3 Å². The van der Waals surface area contributed by atoms with Gasteiger partial charge in [0.2, 0.25) is 5.91 Å². The number of imide groups is 2. The molecule has 13 heteroatoms. The average Bonchev–Trinajstić information content (AvgIpc) is 3.37. The van der Waals surface area contributed by atoms with Crippen molar-refractivity contribution in [2.24, 2.45) is 15.3 Å². The van der Waals surface area contributed by atoms with Crippen LogP contribution in [0.2, 0.25) is 5.02 Å². The van der Waals surface area contributed by atoms with Crippen LogP contribution in [0.5, 0.6) is 0 Å². The van der Waals surface area contributed by atoms with Gasteiger partial charge in [0.25, 0.3) is 23.4 Å². The number of anilines is 1. The smallest absolute Gasteiger partial charge is 0.273 e. The predicted molar refractivity (Wildman–Crippen MR) is 165 cm³/mol. The summed E-state index contributed by atoms with van der Waals surface area (Å²) >= 11 is 5.97. The largest absolute Gasteiger partial charge is 0.282 e. The van der Waals surface area contributed by atoms with Crippen LogP contribution in [0.15, 0.2) is 118 Å². The number of non-ortho nitro benzene ring substituents is 1. The number of hydrazone groups is 1. The van der Waals surface area contributed by atoms with E-state index in [0.717, 1.165) is 10.5 Å². The maximum absolute atomic E-state index is 13.6. The second kappa shape index (κ2) is 13.2. The maximum atomic E-state index is 13.6. The van der Waals surface area contributed by atoms with Crippen molar-refractivity contribution in [3.05, 3.63) is 135 Å². The quantitative estimate of drug-likeness (QED) is 0.101. The number of halogens is 1. The van der Waals surface area contributed by atoms with E-state index in [2.05, 4.69) is 15.3 Å². The first-order chi connectivity index (χ1) is 21.6. The van der Waals surface area contributed by atoms with Crippen LogP contribution in [0.25, 0.3) is 0 Å². The zero-order chi connectivity index (χ0) is 32.1. The molecular weight excluding hydrogens is 600 g/mol. The summed E-state index contributed by atoms with van der Waals surface area (Å²) in [7, 11) is 0. The van der Waals surface area contributed by atoms with Gasteiger partial charge >= 0.3 is 0 Å². The number of nitro groups is 1. The Morgan fingerprint density at radius 1 is 0.933 bits per heavy atom. The van der Waals surface area contributed by atoms with Gasteiger partial charge in [-0.25, -0.2) is 4.90 Å². The van der Waals surface area contributed by atoms with E-state index in [0.29, 0.717) is 15.6 Å². The van der Waals surface area contributed by atoms with Gasteiger partial charge in [-0.05, 0) is 55.5 Å². The monoisotopic (exact) mass is 622 g/mol. The second-order valence-corrected chi connectivity index (χ2v) is 10.3. The summed E-state index contributed by atoms with van der Waals surface area (Å²) in [4.78, 5) is 65.3. The molecule has 0 fully saturated rings. The molecule has 4 amide bonds. The minimum Gasteiger partial charge on any atom is -0.273 e. The molecule has 1 unspecified atom stereocenters. The molecule has 12 nitrogen and oxygen atoms in total. The lowest BCUT2D eigenvalue weighted by Crippen LogP contribution is -2.41. The Hall–Kier alpha value is -5.88. The Balaban J connectivity index is 1.42. The van der Waals surface area contributed by atoms with Gasteiger partial charge in [-0.2, -0.15) is 20.3 Å². The minimum atomic E-state index is -1.34. The standard InChI is InChI=1S/C32H23ClN6O6/c1-20-7-15-25(16-8-20)37(31(42)22-9-11-23(33)12-10-22)27(40)19-28(41)38-32(43)30(29(36-38)21-5-3-2-4-6-21)35-34-24-13-17-26(18-14-24)39(44)45/h2-18,30H,19H2,1H3. The summed E-state index contributed by atoms with van der Waals surface area (Å²) in [6.45, 7) is 1.84. The van der Waals surface area contributed by atoms with Gasteiger partial charge in [-0.3, -0.25) is 29.3 Å². The SMILES string of the molecule is Cc1ccc(N(C(=O)CC(=O)N2N=C(c3ccccc3)C(N=Nc3ccc([N+](=O)[O-])cc3)C2=O)C(=O)c2ccc(Cl)cc2)cc1. The molecular formula is C32H23ClN6O6. The Morgan fingerprint density at radius 2 is 1.58 bits per heavy atom. The molecule has 1 heterocycles. The topological polar surface area (TPSA) is 155 Å². The Bertz CT molecular complexity index is 1840. The number of rotatable bonds is 8. The van der Waals surface area contributed by atoms with Crippen molar-refractivity contribution in [1.29, 1.82) is 0 Å². The lowest BCUT2D eigenvalue weighted by Gasteiger charge is -2.22. The summed E-state index contributed by atoms with van der Waals surface area (Å²) in [6.07, 6.45) is -0.864. The van der Waals surface area contributed by atoms with E-state index in [1.807, 2.05) is 6.92 Å². The first kappa shape index (κ1) is 30.6. The van der Waals surface area contributed by atoms with Gasteiger partial charge in [0.15, 0.2) is 6.04 Å². The summed E-state index contributed by atoms with van der Waals surface area (Å²) in [5.41, 5.74) is 1.96. The summed E-state index contributed by atoms with van der Waals surface area (Å²) in [6, 6.07) is 24.9. The van der Waals surface area contributed by atoms with Crippen LogP contribution >= 0.6 is 11.6 Å². The minimum absolute atomic E-state index is 0.111. The van der Waals surface area contributed by atoms with Gasteiger partial charge in [0.1, 0.15) is 12.1 Å². The third kappa shape index (κ3) is 6.86. The molecule has 45 heavy (non-hydrogen) atoms. The molecule has 4 aromatic rings. The number of hydrogen-bond acceptors (Lipinski definition) is 9. The fourth-order valence-corrected chi connectivity index (χ4v) is 4.52. The lowest BCUT2D eigenvalue weighted by molar-refractivity contribution is -0.384. The van der Waals surface area contributed by atoms with Crippen molar-refractivity contribution in [2.45, 2.75) is 19.4 Å². The summed E-state index contributed by atoms with van der Waals surface area (Å²) < 4.78 is 0. The van der Waals surface area contributed by atoms with Crippen molar-refractivity contribution < 1.29 is 24.1 Å². The highest BCUT2D eigenvalue weighted by Gasteiger charge is 2.41. The van der Waals surface area contributed by atoms with Crippen LogP contribution < -0.4 is 4.90 Å². The van der Waals surface area contributed by atoms with Crippen LogP contribution in [0.3, 0.4) is 0 Å². The van der Waals surface area contributed by atoms with Gasteiger partial charge < -0.3 is 0 Å². The third-order valence-electron chi connectivity index (χ3n) is 6.70. The maximum Gasteiger partial charge on any atom is 0.282 e. The fourth-order valence-electron chi connectivity index (χ4n) is 4.39. The molecule has 0 saturated heterocycles. The molecule has 0 aliphatic carbocycles. The molecule has 1 aliphatic rings. The van der Waals surface area contributed by atoms with Gasteiger partial charge in [-0.15, -0.1) is 0 Å². The van der Waals surface area contributed by atoms with Gasteiger partial charge in [0.05, 0.1) is 16.3 Å². The summed E-state index contributed by atoms with van der Waals surface area (Å²) in [5.74, 6) is -3.41. The molecule has 0 aromatic heterocycles. The average molecular weight is 623 g/mol. The van der Waals surface area contributed by atoms with Crippen LogP contribution in [0.4, 0.5) is 17.1 Å². The molecule has 0 N–H and O–H groups in total. The molecule has 0 saturated carbocycles. The van der Waals surface area contributed by atoms with E-state index in [1.54, 1.807) is 54.6 Å². The number of carbonyl (C=O) groups is 4. The van der Waals surface area contributed by atoms with Crippen molar-refractivity contribution in [1.82, 2.24) is 5.01 Å². The molecule has 5 rings (SSSR count). The van der Waals surface area contributed by atoms with Crippen LogP contribution in [0.1, 0.15) is 27.9 Å². The van der Waals surface area contributed by atoms with E-state index >= 15 is 0 Å².